The zero-order chi connectivity index (χ0) is 22.8. The van der Waals surface area contributed by atoms with Crippen LogP contribution in [-0.4, -0.2) is 40.5 Å². The number of carbonyl (C=O) groups is 2. The van der Waals surface area contributed by atoms with Crippen molar-refractivity contribution in [3.05, 3.63) is 78.0 Å². The number of fused-ring (bicyclic) bond motifs is 1. The number of nitrogens with zero attached hydrogens (tertiary/aromatic N) is 4. The predicted molar refractivity (Wildman–Crippen MR) is 118 cm³/mol. The molecule has 3 heterocycles. The van der Waals surface area contributed by atoms with Crippen LogP contribution in [0.5, 0.6) is 0 Å². The number of aryl methyl sites for hydroxylation is 1. The van der Waals surface area contributed by atoms with E-state index in [9.17, 15) is 14.0 Å². The van der Waals surface area contributed by atoms with Crippen molar-refractivity contribution in [3.63, 3.8) is 0 Å². The van der Waals surface area contributed by atoms with Crippen molar-refractivity contribution in [1.29, 1.82) is 0 Å². The van der Waals surface area contributed by atoms with Crippen molar-refractivity contribution in [2.45, 2.75) is 6.92 Å². The van der Waals surface area contributed by atoms with Crippen LogP contribution in [-0.2, 0) is 4.74 Å². The fraction of sp³-hybridized carbons (Fsp3) is 0.130. The van der Waals surface area contributed by atoms with Crippen molar-refractivity contribution in [1.82, 2.24) is 14.4 Å². The Morgan fingerprint density at radius 3 is 2.59 bits per heavy atom. The highest BCUT2D eigenvalue weighted by Gasteiger charge is 2.18. The van der Waals surface area contributed by atoms with Crippen LogP contribution >= 0.6 is 0 Å². The van der Waals surface area contributed by atoms with E-state index >= 15 is 0 Å². The summed E-state index contributed by atoms with van der Waals surface area (Å²) >= 11 is 0. The Kier molecular flexibility index (Phi) is 5.55. The van der Waals surface area contributed by atoms with E-state index in [0.717, 1.165) is 11.1 Å². The molecule has 162 valence electrons. The Labute approximate surface area is 183 Å². The second-order valence-electron chi connectivity index (χ2n) is 7.16. The van der Waals surface area contributed by atoms with Gasteiger partial charge in [-0.3, -0.25) is 14.5 Å². The minimum Gasteiger partial charge on any atom is -0.453 e. The van der Waals surface area contributed by atoms with Crippen LogP contribution in [0.25, 0.3) is 16.9 Å². The van der Waals surface area contributed by atoms with E-state index in [4.69, 9.17) is 0 Å². The van der Waals surface area contributed by atoms with Gasteiger partial charge in [-0.1, -0.05) is 6.07 Å². The van der Waals surface area contributed by atoms with Gasteiger partial charge in [0.15, 0.2) is 0 Å². The summed E-state index contributed by atoms with van der Waals surface area (Å²) in [6.07, 6.45) is 4.29. The normalized spacial score (nSPS) is 10.8. The van der Waals surface area contributed by atoms with Gasteiger partial charge in [0.1, 0.15) is 17.3 Å². The van der Waals surface area contributed by atoms with Crippen LogP contribution in [0.2, 0.25) is 0 Å². The van der Waals surface area contributed by atoms with Crippen LogP contribution in [0, 0.1) is 12.7 Å². The van der Waals surface area contributed by atoms with Gasteiger partial charge in [0.05, 0.1) is 30.3 Å². The summed E-state index contributed by atoms with van der Waals surface area (Å²) in [5.41, 5.74) is 3.42. The van der Waals surface area contributed by atoms with Crippen LogP contribution in [0.3, 0.4) is 0 Å². The average Bonchev–Trinajstić information content (AvgIpc) is 3.22. The summed E-state index contributed by atoms with van der Waals surface area (Å²) in [5, 5.41) is 2.49. The molecule has 1 aromatic carbocycles. The summed E-state index contributed by atoms with van der Waals surface area (Å²) < 4.78 is 20.7. The Hall–Kier alpha value is -4.27. The van der Waals surface area contributed by atoms with Gasteiger partial charge in [-0.15, -0.1) is 0 Å². The highest BCUT2D eigenvalue weighted by molar-refractivity contribution is 6.05. The average molecular weight is 433 g/mol. The molecular formula is C23H20FN5O3. The molecule has 8 nitrogen and oxygen atoms in total. The van der Waals surface area contributed by atoms with E-state index in [2.05, 4.69) is 20.0 Å². The molecule has 4 rings (SSSR count). The summed E-state index contributed by atoms with van der Waals surface area (Å²) in [6, 6.07) is 11.5. The van der Waals surface area contributed by atoms with Gasteiger partial charge in [0.2, 0.25) is 0 Å². The molecule has 1 N–H and O–H groups in total. The van der Waals surface area contributed by atoms with Gasteiger partial charge in [-0.25, -0.2) is 19.2 Å². The molecule has 0 saturated carbocycles. The predicted octanol–water partition coefficient (Wildman–Crippen LogP) is 4.30. The number of anilines is 2. The number of rotatable bonds is 4. The molecular weight excluding hydrogens is 413 g/mol. The smallest absolute Gasteiger partial charge is 0.412 e. The fourth-order valence-electron chi connectivity index (χ4n) is 3.28. The van der Waals surface area contributed by atoms with Gasteiger partial charge < -0.3 is 9.64 Å². The van der Waals surface area contributed by atoms with Gasteiger partial charge in [0, 0.05) is 25.0 Å². The van der Waals surface area contributed by atoms with Crippen molar-refractivity contribution < 1.29 is 18.7 Å². The maximum absolute atomic E-state index is 14.4. The number of halogens is 1. The minimum absolute atomic E-state index is 0.199. The first-order valence-electron chi connectivity index (χ1n) is 9.70. The highest BCUT2D eigenvalue weighted by Crippen LogP contribution is 2.24. The molecule has 2 amide bonds. The van der Waals surface area contributed by atoms with Crippen LogP contribution in [0.15, 0.2) is 61.1 Å². The molecule has 4 aromatic rings. The SMILES string of the molecule is COC(=O)Nc1ccc(-c2cnc3ccc(C(=O)N(C)c4ccc(C)cc4F)cn23)cn1. The molecule has 0 aliphatic rings. The highest BCUT2D eigenvalue weighted by atomic mass is 19.1. The zero-order valence-corrected chi connectivity index (χ0v) is 17.7. The Balaban J connectivity index is 1.65. The molecule has 0 aliphatic heterocycles. The third-order valence-corrected chi connectivity index (χ3v) is 5.00. The van der Waals surface area contributed by atoms with Gasteiger partial charge in [-0.05, 0) is 48.9 Å². The fourth-order valence-corrected chi connectivity index (χ4v) is 3.28. The lowest BCUT2D eigenvalue weighted by Crippen LogP contribution is -2.27. The second kappa shape index (κ2) is 8.46. The number of benzene rings is 1. The second-order valence-corrected chi connectivity index (χ2v) is 7.16. The van der Waals surface area contributed by atoms with Gasteiger partial charge in [0.25, 0.3) is 5.91 Å². The Morgan fingerprint density at radius 2 is 1.91 bits per heavy atom. The molecule has 0 bridgehead atoms. The van der Waals surface area contributed by atoms with Gasteiger partial charge in [-0.2, -0.15) is 0 Å². The van der Waals surface area contributed by atoms with E-state index in [0.29, 0.717) is 22.7 Å². The monoisotopic (exact) mass is 433 g/mol. The van der Waals surface area contributed by atoms with Crippen LogP contribution in [0.1, 0.15) is 15.9 Å². The third-order valence-electron chi connectivity index (χ3n) is 5.00. The molecule has 3 aromatic heterocycles. The first kappa shape index (κ1) is 21.0. The van der Waals surface area contributed by atoms with E-state index in [-0.39, 0.29) is 11.6 Å². The summed E-state index contributed by atoms with van der Waals surface area (Å²) in [7, 11) is 2.80. The summed E-state index contributed by atoms with van der Waals surface area (Å²) in [4.78, 5) is 34.2. The number of hydrogen-bond acceptors (Lipinski definition) is 5. The largest absolute Gasteiger partial charge is 0.453 e. The number of pyridine rings is 2. The molecule has 9 heteroatoms. The maximum Gasteiger partial charge on any atom is 0.412 e. The van der Waals surface area contributed by atoms with Crippen molar-refractivity contribution in [3.8, 4) is 11.3 Å². The molecule has 0 saturated heterocycles. The van der Waals surface area contributed by atoms with Crippen molar-refractivity contribution >= 4 is 29.2 Å². The number of imidazole rings is 1. The molecule has 32 heavy (non-hydrogen) atoms. The number of hydrogen-bond donors (Lipinski definition) is 1. The van der Waals surface area contributed by atoms with E-state index in [1.807, 2.05) is 0 Å². The minimum atomic E-state index is -0.614. The van der Waals surface area contributed by atoms with Gasteiger partial charge >= 0.3 is 6.09 Å². The molecule has 0 spiro atoms. The lowest BCUT2D eigenvalue weighted by Gasteiger charge is -2.18. The number of amides is 2. The first-order valence-corrected chi connectivity index (χ1v) is 9.70. The standard InChI is InChI=1S/C23H20FN5O3/c1-14-4-7-18(17(24)10-14)28(2)22(30)16-6-9-21-26-12-19(29(21)13-16)15-5-8-20(25-11-15)27-23(31)32-3/h4-13H,1-3H3,(H,25,27,31). The van der Waals surface area contributed by atoms with Crippen molar-refractivity contribution in [2.75, 3.05) is 24.4 Å². The lowest BCUT2D eigenvalue weighted by molar-refractivity contribution is 0.0991. The van der Waals surface area contributed by atoms with E-state index < -0.39 is 11.9 Å². The number of nitrogens with one attached hydrogen (secondary N) is 1. The number of methoxy groups -OCH3 is 1. The third kappa shape index (κ3) is 4.00. The van der Waals surface area contributed by atoms with Crippen LogP contribution in [0.4, 0.5) is 20.7 Å². The van der Waals surface area contributed by atoms with Crippen LogP contribution < -0.4 is 10.2 Å². The number of ether oxygens (including phenoxy) is 1. The summed E-state index contributed by atoms with van der Waals surface area (Å²) in [5.74, 6) is -0.478. The zero-order valence-electron chi connectivity index (χ0n) is 17.7. The molecule has 0 aliphatic carbocycles. The maximum atomic E-state index is 14.4. The van der Waals surface area contributed by atoms with Crippen molar-refractivity contribution in [2.24, 2.45) is 0 Å². The number of aromatic nitrogens is 3. The number of carbonyl (C=O) groups excluding carboxylic acids is 2. The molecule has 0 unspecified atom stereocenters. The molecule has 0 fully saturated rings. The molecule has 0 atom stereocenters. The first-order chi connectivity index (χ1) is 15.4. The quantitative estimate of drug-likeness (QED) is 0.518. The Bertz CT molecular complexity index is 1320. The van der Waals surface area contributed by atoms with E-state index in [1.165, 1.54) is 25.1 Å². The summed E-state index contributed by atoms with van der Waals surface area (Å²) in [6.45, 7) is 1.79. The topological polar surface area (TPSA) is 88.8 Å². The lowest BCUT2D eigenvalue weighted by atomic mass is 10.2. The Morgan fingerprint density at radius 1 is 1.09 bits per heavy atom. The molecule has 0 radical (unpaired) electrons. The van der Waals surface area contributed by atoms with E-state index in [1.54, 1.807) is 66.3 Å².